The number of nitrogens with one attached hydrogen (secondary N) is 1. The first kappa shape index (κ1) is 21.2. The van der Waals surface area contributed by atoms with Crippen molar-refractivity contribution < 1.29 is 23.5 Å². The molecule has 0 saturated carbocycles. The lowest BCUT2D eigenvalue weighted by molar-refractivity contribution is -0.130. The molecule has 2 aromatic rings. The Balaban J connectivity index is 1.87. The summed E-state index contributed by atoms with van der Waals surface area (Å²) in [5.41, 5.74) is 1.22. The van der Waals surface area contributed by atoms with Gasteiger partial charge in [0.25, 0.3) is 0 Å². The van der Waals surface area contributed by atoms with Gasteiger partial charge < -0.3 is 19.7 Å². The van der Waals surface area contributed by atoms with E-state index in [4.69, 9.17) is 9.47 Å². The van der Waals surface area contributed by atoms with Gasteiger partial charge >= 0.3 is 0 Å². The highest BCUT2D eigenvalue weighted by Crippen LogP contribution is 2.27. The molecular weight excluding hydrogens is 363 g/mol. The summed E-state index contributed by atoms with van der Waals surface area (Å²) in [6.07, 6.45) is 0.174. The molecule has 28 heavy (non-hydrogen) atoms. The standard InChI is InChI=1S/C21H25FN2O4/c1-15(25)24(14-17-6-4-5-7-18(17)22)11-10-23-21(26)13-16-8-9-19(27-2)20(12-16)28-3/h4-9,12H,10-11,13-14H2,1-3H3,(H,23,26). The second-order valence-electron chi connectivity index (χ2n) is 6.25. The zero-order chi connectivity index (χ0) is 20.5. The number of methoxy groups -OCH3 is 2. The van der Waals surface area contributed by atoms with E-state index >= 15 is 0 Å². The van der Waals surface area contributed by atoms with Crippen molar-refractivity contribution in [3.8, 4) is 11.5 Å². The lowest BCUT2D eigenvalue weighted by Gasteiger charge is -2.21. The molecule has 0 aliphatic rings. The largest absolute Gasteiger partial charge is 0.493 e. The van der Waals surface area contributed by atoms with Crippen LogP contribution in [0.3, 0.4) is 0 Å². The maximum atomic E-state index is 13.8. The summed E-state index contributed by atoms with van der Waals surface area (Å²) >= 11 is 0. The van der Waals surface area contributed by atoms with E-state index in [-0.39, 0.29) is 37.1 Å². The van der Waals surface area contributed by atoms with Crippen LogP contribution in [0.25, 0.3) is 0 Å². The fourth-order valence-electron chi connectivity index (χ4n) is 2.75. The van der Waals surface area contributed by atoms with E-state index in [0.29, 0.717) is 23.6 Å². The van der Waals surface area contributed by atoms with Crippen molar-refractivity contribution >= 4 is 11.8 Å². The second-order valence-corrected chi connectivity index (χ2v) is 6.25. The number of carbonyl (C=O) groups is 2. The van der Waals surface area contributed by atoms with E-state index in [2.05, 4.69) is 5.32 Å². The fourth-order valence-corrected chi connectivity index (χ4v) is 2.75. The molecule has 0 radical (unpaired) electrons. The lowest BCUT2D eigenvalue weighted by Crippen LogP contribution is -2.37. The molecule has 0 atom stereocenters. The Kier molecular flexibility index (Phi) is 7.80. The first-order valence-electron chi connectivity index (χ1n) is 8.91. The van der Waals surface area contributed by atoms with Crippen LogP contribution in [0.1, 0.15) is 18.1 Å². The van der Waals surface area contributed by atoms with Gasteiger partial charge in [0.2, 0.25) is 11.8 Å². The average molecular weight is 388 g/mol. The molecule has 150 valence electrons. The Morgan fingerprint density at radius 2 is 1.79 bits per heavy atom. The number of hydrogen-bond acceptors (Lipinski definition) is 4. The Labute approximate surface area is 164 Å². The maximum Gasteiger partial charge on any atom is 0.224 e. The van der Waals surface area contributed by atoms with Crippen LogP contribution in [-0.2, 0) is 22.6 Å². The summed E-state index contributed by atoms with van der Waals surface area (Å²) < 4.78 is 24.2. The Morgan fingerprint density at radius 1 is 1.07 bits per heavy atom. The maximum absolute atomic E-state index is 13.8. The van der Waals surface area contributed by atoms with Crippen LogP contribution in [0.4, 0.5) is 4.39 Å². The number of halogens is 1. The van der Waals surface area contributed by atoms with Gasteiger partial charge in [-0.3, -0.25) is 9.59 Å². The highest BCUT2D eigenvalue weighted by molar-refractivity contribution is 5.79. The summed E-state index contributed by atoms with van der Waals surface area (Å²) in [6, 6.07) is 11.6. The van der Waals surface area contributed by atoms with Gasteiger partial charge in [-0.1, -0.05) is 24.3 Å². The monoisotopic (exact) mass is 388 g/mol. The van der Waals surface area contributed by atoms with Gasteiger partial charge in [-0.2, -0.15) is 0 Å². The summed E-state index contributed by atoms with van der Waals surface area (Å²) in [5, 5.41) is 2.78. The van der Waals surface area contributed by atoms with Crippen LogP contribution in [0.5, 0.6) is 11.5 Å². The first-order chi connectivity index (χ1) is 13.4. The van der Waals surface area contributed by atoms with E-state index in [1.165, 1.54) is 25.0 Å². The van der Waals surface area contributed by atoms with Crippen molar-refractivity contribution in [1.82, 2.24) is 10.2 Å². The Bertz CT molecular complexity index is 826. The van der Waals surface area contributed by atoms with Crippen molar-refractivity contribution in [2.24, 2.45) is 0 Å². The van der Waals surface area contributed by atoms with Crippen LogP contribution in [0, 0.1) is 5.82 Å². The lowest BCUT2D eigenvalue weighted by atomic mass is 10.1. The van der Waals surface area contributed by atoms with Gasteiger partial charge in [-0.25, -0.2) is 4.39 Å². The quantitative estimate of drug-likeness (QED) is 0.717. The van der Waals surface area contributed by atoms with E-state index in [0.717, 1.165) is 5.56 Å². The number of carbonyl (C=O) groups excluding carboxylic acids is 2. The van der Waals surface area contributed by atoms with Crippen LogP contribution < -0.4 is 14.8 Å². The molecule has 7 heteroatoms. The van der Waals surface area contributed by atoms with Crippen LogP contribution in [-0.4, -0.2) is 44.0 Å². The Hall–Kier alpha value is -3.09. The molecule has 0 spiro atoms. The number of benzene rings is 2. The van der Waals surface area contributed by atoms with E-state index in [9.17, 15) is 14.0 Å². The van der Waals surface area contributed by atoms with Gasteiger partial charge in [0.05, 0.1) is 20.6 Å². The van der Waals surface area contributed by atoms with Gasteiger partial charge in [-0.15, -0.1) is 0 Å². The summed E-state index contributed by atoms with van der Waals surface area (Å²) in [6.45, 7) is 2.15. The average Bonchev–Trinajstić information content (AvgIpc) is 2.68. The molecule has 0 aromatic heterocycles. The van der Waals surface area contributed by atoms with Gasteiger partial charge in [-0.05, 0) is 23.8 Å². The number of nitrogens with zero attached hydrogens (tertiary/aromatic N) is 1. The molecule has 1 N–H and O–H groups in total. The molecule has 0 unspecified atom stereocenters. The third-order valence-corrected chi connectivity index (χ3v) is 4.28. The molecule has 0 fully saturated rings. The number of ether oxygens (including phenoxy) is 2. The minimum atomic E-state index is -0.355. The zero-order valence-corrected chi connectivity index (χ0v) is 16.3. The van der Waals surface area contributed by atoms with Gasteiger partial charge in [0.15, 0.2) is 11.5 Å². The van der Waals surface area contributed by atoms with Crippen molar-refractivity contribution in [2.75, 3.05) is 27.3 Å². The molecule has 0 heterocycles. The molecular formula is C21H25FN2O4. The normalized spacial score (nSPS) is 10.3. The molecule has 0 bridgehead atoms. The molecule has 0 saturated heterocycles. The topological polar surface area (TPSA) is 67.9 Å². The van der Waals surface area contributed by atoms with E-state index < -0.39 is 0 Å². The summed E-state index contributed by atoms with van der Waals surface area (Å²) in [4.78, 5) is 25.5. The number of hydrogen-bond donors (Lipinski definition) is 1. The number of amides is 2. The van der Waals surface area contributed by atoms with Crippen molar-refractivity contribution in [3.05, 3.63) is 59.4 Å². The molecule has 0 aliphatic carbocycles. The smallest absolute Gasteiger partial charge is 0.224 e. The molecule has 2 rings (SSSR count). The Morgan fingerprint density at radius 3 is 2.43 bits per heavy atom. The van der Waals surface area contributed by atoms with Crippen molar-refractivity contribution in [3.63, 3.8) is 0 Å². The van der Waals surface area contributed by atoms with Crippen LogP contribution >= 0.6 is 0 Å². The highest BCUT2D eigenvalue weighted by atomic mass is 19.1. The second kappa shape index (κ2) is 10.3. The highest BCUT2D eigenvalue weighted by Gasteiger charge is 2.13. The minimum Gasteiger partial charge on any atom is -0.493 e. The fraction of sp³-hybridized carbons (Fsp3) is 0.333. The van der Waals surface area contributed by atoms with Crippen molar-refractivity contribution in [1.29, 1.82) is 0 Å². The molecule has 0 aliphatic heterocycles. The molecule has 2 amide bonds. The molecule has 2 aromatic carbocycles. The van der Waals surface area contributed by atoms with Gasteiger partial charge in [0.1, 0.15) is 5.82 Å². The van der Waals surface area contributed by atoms with E-state index in [1.54, 1.807) is 43.5 Å². The summed E-state index contributed by atoms with van der Waals surface area (Å²) in [5.74, 6) is 0.433. The van der Waals surface area contributed by atoms with Gasteiger partial charge in [0, 0.05) is 32.1 Å². The van der Waals surface area contributed by atoms with Crippen LogP contribution in [0.15, 0.2) is 42.5 Å². The summed E-state index contributed by atoms with van der Waals surface area (Å²) in [7, 11) is 3.08. The third kappa shape index (κ3) is 5.97. The predicted octanol–water partition coefficient (Wildman–Crippen LogP) is 2.55. The third-order valence-electron chi connectivity index (χ3n) is 4.28. The minimum absolute atomic E-state index is 0.160. The first-order valence-corrected chi connectivity index (χ1v) is 8.91. The molecule has 6 nitrogen and oxygen atoms in total. The van der Waals surface area contributed by atoms with Crippen LogP contribution in [0.2, 0.25) is 0 Å². The van der Waals surface area contributed by atoms with Crippen molar-refractivity contribution in [2.45, 2.75) is 19.9 Å². The predicted molar refractivity (Wildman–Crippen MR) is 104 cm³/mol. The zero-order valence-electron chi connectivity index (χ0n) is 16.3. The SMILES string of the molecule is COc1ccc(CC(=O)NCCN(Cc2ccccc2F)C(C)=O)cc1OC. The number of rotatable bonds is 9. The van der Waals surface area contributed by atoms with E-state index in [1.807, 2.05) is 0 Å².